The third-order valence-corrected chi connectivity index (χ3v) is 4.09. The zero-order chi connectivity index (χ0) is 16.2. The van der Waals surface area contributed by atoms with E-state index in [4.69, 9.17) is 4.74 Å². The van der Waals surface area contributed by atoms with E-state index in [1.165, 1.54) is 0 Å². The highest BCUT2D eigenvalue weighted by Crippen LogP contribution is 2.12. The van der Waals surface area contributed by atoms with Crippen LogP contribution >= 0.6 is 0 Å². The summed E-state index contributed by atoms with van der Waals surface area (Å²) < 4.78 is 7.78. The van der Waals surface area contributed by atoms with Crippen molar-refractivity contribution in [2.45, 2.75) is 39.0 Å². The lowest BCUT2D eigenvalue weighted by Gasteiger charge is -2.35. The number of aryl methyl sites for hydroxylation is 1. The number of nitrogens with one attached hydrogen (secondary N) is 1. The summed E-state index contributed by atoms with van der Waals surface area (Å²) in [6.45, 7) is 6.81. The van der Waals surface area contributed by atoms with Gasteiger partial charge in [0.15, 0.2) is 0 Å². The number of imidazole rings is 1. The maximum atomic E-state index is 12.2. The predicted octanol–water partition coefficient (Wildman–Crippen LogP) is 2.25. The van der Waals surface area contributed by atoms with Crippen molar-refractivity contribution < 1.29 is 9.53 Å². The van der Waals surface area contributed by atoms with Crippen LogP contribution in [0.15, 0.2) is 30.6 Å². The summed E-state index contributed by atoms with van der Waals surface area (Å²) >= 11 is 0. The summed E-state index contributed by atoms with van der Waals surface area (Å²) in [5, 5.41) is 3.00. The molecule has 2 heterocycles. The Labute approximate surface area is 136 Å². The van der Waals surface area contributed by atoms with Gasteiger partial charge in [-0.2, -0.15) is 0 Å². The minimum Gasteiger partial charge on any atom is -0.372 e. The van der Waals surface area contributed by atoms with Gasteiger partial charge in [-0.1, -0.05) is 12.1 Å². The van der Waals surface area contributed by atoms with E-state index < -0.39 is 0 Å². The number of urea groups is 1. The Hall–Kier alpha value is -2.08. The fraction of sp³-hybridized carbons (Fsp3) is 0.529. The van der Waals surface area contributed by atoms with Gasteiger partial charge >= 0.3 is 6.03 Å². The second kappa shape index (κ2) is 7.00. The van der Waals surface area contributed by atoms with Crippen LogP contribution in [0.5, 0.6) is 0 Å². The number of amides is 2. The lowest BCUT2D eigenvalue weighted by atomic mass is 10.2. The summed E-state index contributed by atoms with van der Waals surface area (Å²) in [6, 6.07) is 8.08. The smallest absolute Gasteiger partial charge is 0.317 e. The van der Waals surface area contributed by atoms with Gasteiger partial charge in [-0.05, 0) is 32.4 Å². The normalized spacial score (nSPS) is 21.6. The summed E-state index contributed by atoms with van der Waals surface area (Å²) in [5.74, 6) is 0. The van der Waals surface area contributed by atoms with Crippen molar-refractivity contribution in [3.05, 3.63) is 30.6 Å². The number of para-hydroxylation sites is 2. The summed E-state index contributed by atoms with van der Waals surface area (Å²) in [6.07, 6.45) is 2.93. The largest absolute Gasteiger partial charge is 0.372 e. The minimum absolute atomic E-state index is 0.00230. The van der Waals surface area contributed by atoms with Crippen molar-refractivity contribution in [3.8, 4) is 0 Å². The molecule has 1 fully saturated rings. The number of nitrogens with zero attached hydrogens (tertiary/aromatic N) is 3. The van der Waals surface area contributed by atoms with E-state index in [0.717, 1.165) is 24.0 Å². The van der Waals surface area contributed by atoms with E-state index in [2.05, 4.69) is 20.9 Å². The van der Waals surface area contributed by atoms with Crippen LogP contribution in [0.4, 0.5) is 4.79 Å². The van der Waals surface area contributed by atoms with Gasteiger partial charge in [-0.3, -0.25) is 0 Å². The molecule has 0 radical (unpaired) electrons. The van der Waals surface area contributed by atoms with Crippen LogP contribution in [-0.2, 0) is 11.3 Å². The minimum atomic E-state index is 0.00230. The van der Waals surface area contributed by atoms with Gasteiger partial charge in [0.05, 0.1) is 29.6 Å². The fourth-order valence-corrected chi connectivity index (χ4v) is 3.09. The average Bonchev–Trinajstić information content (AvgIpc) is 2.94. The molecule has 6 heteroatoms. The van der Waals surface area contributed by atoms with Crippen molar-refractivity contribution in [1.29, 1.82) is 0 Å². The molecule has 2 aromatic rings. The van der Waals surface area contributed by atoms with Crippen LogP contribution in [-0.4, -0.2) is 52.3 Å². The summed E-state index contributed by atoms with van der Waals surface area (Å²) in [7, 11) is 0. The molecule has 0 bridgehead atoms. The maximum absolute atomic E-state index is 12.2. The molecule has 6 nitrogen and oxygen atoms in total. The molecule has 2 unspecified atom stereocenters. The van der Waals surface area contributed by atoms with E-state index in [1.54, 1.807) is 0 Å². The lowest BCUT2D eigenvalue weighted by molar-refractivity contribution is -0.0545. The fourth-order valence-electron chi connectivity index (χ4n) is 3.09. The van der Waals surface area contributed by atoms with Gasteiger partial charge in [0.25, 0.3) is 0 Å². The number of aromatic nitrogens is 2. The number of fused-ring (bicyclic) bond motifs is 1. The molecule has 1 aliphatic heterocycles. The Kier molecular flexibility index (Phi) is 4.81. The molecule has 23 heavy (non-hydrogen) atoms. The highest BCUT2D eigenvalue weighted by atomic mass is 16.5. The number of carbonyl (C=O) groups excluding carboxylic acids is 1. The average molecular weight is 316 g/mol. The molecule has 1 aromatic carbocycles. The van der Waals surface area contributed by atoms with E-state index >= 15 is 0 Å². The van der Waals surface area contributed by atoms with Gasteiger partial charge in [0.2, 0.25) is 0 Å². The summed E-state index contributed by atoms with van der Waals surface area (Å²) in [4.78, 5) is 18.4. The third kappa shape index (κ3) is 3.82. The Balaban J connectivity index is 1.45. The molecule has 3 rings (SSSR count). The van der Waals surface area contributed by atoms with Gasteiger partial charge in [-0.15, -0.1) is 0 Å². The first-order valence-corrected chi connectivity index (χ1v) is 8.21. The van der Waals surface area contributed by atoms with E-state index in [0.29, 0.717) is 19.6 Å². The lowest BCUT2D eigenvalue weighted by Crippen LogP contribution is -2.51. The van der Waals surface area contributed by atoms with Gasteiger partial charge in [0, 0.05) is 26.2 Å². The predicted molar refractivity (Wildman–Crippen MR) is 89.3 cm³/mol. The third-order valence-electron chi connectivity index (χ3n) is 4.09. The Morgan fingerprint density at radius 3 is 2.83 bits per heavy atom. The molecule has 2 atom stereocenters. The van der Waals surface area contributed by atoms with Crippen LogP contribution in [0.2, 0.25) is 0 Å². The Morgan fingerprint density at radius 2 is 2.04 bits per heavy atom. The van der Waals surface area contributed by atoms with Crippen LogP contribution in [0.25, 0.3) is 11.0 Å². The number of ether oxygens (including phenoxy) is 1. The van der Waals surface area contributed by atoms with Crippen molar-refractivity contribution in [2.75, 3.05) is 19.6 Å². The quantitative estimate of drug-likeness (QED) is 0.880. The maximum Gasteiger partial charge on any atom is 0.317 e. The molecule has 0 aliphatic carbocycles. The second-order valence-electron chi connectivity index (χ2n) is 6.17. The monoisotopic (exact) mass is 316 g/mol. The standard InChI is InChI=1S/C17H24N4O2/c1-13-10-21(11-14(2)23-13)17(22)18-8-5-9-20-12-19-15-6-3-4-7-16(15)20/h3-4,6-7,12-14H,5,8-11H2,1-2H3,(H,18,22). The van der Waals surface area contributed by atoms with E-state index in [1.807, 2.05) is 43.3 Å². The zero-order valence-electron chi connectivity index (χ0n) is 13.7. The molecule has 2 amide bonds. The van der Waals surface area contributed by atoms with E-state index in [9.17, 15) is 4.79 Å². The zero-order valence-corrected chi connectivity index (χ0v) is 13.7. The first kappa shape index (κ1) is 15.8. The molecule has 0 saturated carbocycles. The van der Waals surface area contributed by atoms with Crippen molar-refractivity contribution in [1.82, 2.24) is 19.8 Å². The van der Waals surface area contributed by atoms with Gasteiger partial charge in [0.1, 0.15) is 0 Å². The number of carbonyl (C=O) groups is 1. The first-order chi connectivity index (χ1) is 11.1. The molecule has 1 N–H and O–H groups in total. The molecular weight excluding hydrogens is 292 g/mol. The van der Waals surface area contributed by atoms with Crippen LogP contribution in [0.3, 0.4) is 0 Å². The Morgan fingerprint density at radius 1 is 1.30 bits per heavy atom. The molecule has 1 aliphatic rings. The number of benzene rings is 1. The van der Waals surface area contributed by atoms with Crippen molar-refractivity contribution in [2.24, 2.45) is 0 Å². The van der Waals surface area contributed by atoms with Crippen LogP contribution in [0.1, 0.15) is 20.3 Å². The Bertz CT molecular complexity index is 659. The molecule has 1 saturated heterocycles. The highest BCUT2D eigenvalue weighted by molar-refractivity contribution is 5.75. The second-order valence-corrected chi connectivity index (χ2v) is 6.17. The number of hydrogen-bond acceptors (Lipinski definition) is 3. The SMILES string of the molecule is CC1CN(C(=O)NCCCn2cnc3ccccc32)CC(C)O1. The number of morpholine rings is 1. The van der Waals surface area contributed by atoms with Crippen molar-refractivity contribution >= 4 is 17.1 Å². The highest BCUT2D eigenvalue weighted by Gasteiger charge is 2.25. The van der Waals surface area contributed by atoms with Crippen LogP contribution < -0.4 is 5.32 Å². The van der Waals surface area contributed by atoms with E-state index in [-0.39, 0.29) is 18.2 Å². The van der Waals surface area contributed by atoms with Crippen LogP contribution in [0, 0.1) is 0 Å². The summed E-state index contributed by atoms with van der Waals surface area (Å²) in [5.41, 5.74) is 2.14. The molecule has 1 aromatic heterocycles. The van der Waals surface area contributed by atoms with Gasteiger partial charge in [-0.25, -0.2) is 9.78 Å². The number of hydrogen-bond donors (Lipinski definition) is 1. The first-order valence-electron chi connectivity index (χ1n) is 8.21. The molecule has 0 spiro atoms. The van der Waals surface area contributed by atoms with Gasteiger partial charge < -0.3 is 19.5 Å². The number of rotatable bonds is 4. The molecular formula is C17H24N4O2. The topological polar surface area (TPSA) is 59.4 Å². The van der Waals surface area contributed by atoms with Crippen molar-refractivity contribution in [3.63, 3.8) is 0 Å². The molecule has 124 valence electrons.